The van der Waals surface area contributed by atoms with E-state index in [0.29, 0.717) is 51.2 Å². The number of halogens is 3. The maximum Gasteiger partial charge on any atom is 0.412 e. The van der Waals surface area contributed by atoms with Gasteiger partial charge in [-0.25, -0.2) is 15.0 Å². The normalized spacial score (nSPS) is 16.2. The molecular formula is C30H33F3N8O3. The highest BCUT2D eigenvalue weighted by atomic mass is 19.4. The number of amides is 2. The number of piperazine rings is 1. The number of ether oxygens (including phenoxy) is 1. The van der Waals surface area contributed by atoms with Crippen LogP contribution in [0.25, 0.3) is 11.3 Å². The van der Waals surface area contributed by atoms with Crippen molar-refractivity contribution in [3.63, 3.8) is 0 Å². The van der Waals surface area contributed by atoms with E-state index in [1.165, 1.54) is 0 Å². The van der Waals surface area contributed by atoms with E-state index in [2.05, 4.69) is 31.2 Å². The zero-order valence-electron chi connectivity index (χ0n) is 24.2. The van der Waals surface area contributed by atoms with E-state index in [0.717, 1.165) is 48.3 Å². The molecule has 0 unspecified atom stereocenters. The Morgan fingerprint density at radius 3 is 2.27 bits per heavy atom. The van der Waals surface area contributed by atoms with Gasteiger partial charge in [-0.15, -0.1) is 0 Å². The average molecular weight is 611 g/mol. The van der Waals surface area contributed by atoms with Gasteiger partial charge in [-0.2, -0.15) is 13.2 Å². The number of nitrogens with zero attached hydrogens (tertiary/aromatic N) is 6. The fourth-order valence-electron chi connectivity index (χ4n) is 4.92. The number of carbonyl (C=O) groups is 2. The first-order valence-electron chi connectivity index (χ1n) is 14.2. The first-order chi connectivity index (χ1) is 21.0. The summed E-state index contributed by atoms with van der Waals surface area (Å²) in [7, 11) is 0. The molecule has 3 N–H and O–H groups in total. The van der Waals surface area contributed by atoms with E-state index in [-0.39, 0.29) is 18.3 Å². The number of morpholine rings is 1. The topological polar surface area (TPSA) is 130 Å². The molecule has 3 aromatic rings. The van der Waals surface area contributed by atoms with Crippen molar-refractivity contribution in [2.75, 3.05) is 73.3 Å². The van der Waals surface area contributed by atoms with Crippen LogP contribution in [-0.4, -0.2) is 90.3 Å². The number of hydrogen-bond donors (Lipinski definition) is 2. The Hall–Kier alpha value is -4.72. The smallest absolute Gasteiger partial charge is 0.378 e. The molecule has 0 atom stereocenters. The second-order valence-corrected chi connectivity index (χ2v) is 10.6. The van der Waals surface area contributed by atoms with Crippen LogP contribution in [-0.2, 0) is 20.7 Å². The number of alkyl halides is 3. The Labute approximate surface area is 252 Å². The summed E-state index contributed by atoms with van der Waals surface area (Å²) < 4.78 is 43.5. The van der Waals surface area contributed by atoms with Gasteiger partial charge in [0.15, 0.2) is 0 Å². The van der Waals surface area contributed by atoms with Crippen LogP contribution < -0.4 is 20.9 Å². The van der Waals surface area contributed by atoms with Crippen LogP contribution in [0, 0.1) is 0 Å². The number of aromatic nitrogens is 3. The molecule has 0 radical (unpaired) electrons. The number of nitrogen functional groups attached to an aromatic ring is 1. The first kappa shape index (κ1) is 30.7. The Kier molecular flexibility index (Phi) is 9.28. The summed E-state index contributed by atoms with van der Waals surface area (Å²) in [6.45, 7) is 5.89. The summed E-state index contributed by atoms with van der Waals surface area (Å²) in [6, 6.07) is 10.5. The molecule has 44 heavy (non-hydrogen) atoms. The lowest BCUT2D eigenvalue weighted by atomic mass is 10.1. The van der Waals surface area contributed by atoms with E-state index >= 15 is 0 Å². The van der Waals surface area contributed by atoms with Gasteiger partial charge in [0.2, 0.25) is 17.8 Å². The molecule has 2 aliphatic rings. The van der Waals surface area contributed by atoms with Gasteiger partial charge < -0.3 is 30.5 Å². The zero-order chi connectivity index (χ0) is 31.3. The quantitative estimate of drug-likeness (QED) is 0.387. The summed E-state index contributed by atoms with van der Waals surface area (Å²) in [4.78, 5) is 44.3. The molecule has 5 rings (SSSR count). The van der Waals surface area contributed by atoms with Crippen molar-refractivity contribution < 1.29 is 27.5 Å². The number of nitrogens with one attached hydrogen (secondary N) is 1. The molecule has 2 aromatic heterocycles. The van der Waals surface area contributed by atoms with Crippen molar-refractivity contribution in [2.45, 2.75) is 19.5 Å². The lowest BCUT2D eigenvalue weighted by Gasteiger charge is -2.37. The molecule has 4 heterocycles. The van der Waals surface area contributed by atoms with Crippen LogP contribution in [0.2, 0.25) is 0 Å². The number of allylic oxidation sites excluding steroid dienone is 1. The van der Waals surface area contributed by atoms with Gasteiger partial charge in [-0.05, 0) is 30.7 Å². The number of benzene rings is 1. The van der Waals surface area contributed by atoms with Crippen LogP contribution >= 0.6 is 0 Å². The maximum absolute atomic E-state index is 13.1. The van der Waals surface area contributed by atoms with E-state index in [1.807, 2.05) is 11.0 Å². The Balaban J connectivity index is 1.20. The van der Waals surface area contributed by atoms with Crippen LogP contribution in [0.5, 0.6) is 0 Å². The average Bonchev–Trinajstić information content (AvgIpc) is 3.02. The highest BCUT2D eigenvalue weighted by Crippen LogP contribution is 2.29. The lowest BCUT2D eigenvalue weighted by Crippen LogP contribution is -2.49. The zero-order valence-corrected chi connectivity index (χ0v) is 24.2. The Bertz CT molecular complexity index is 1500. The third kappa shape index (κ3) is 7.81. The lowest BCUT2D eigenvalue weighted by molar-refractivity contribution is -0.130. The van der Waals surface area contributed by atoms with Crippen molar-refractivity contribution in [3.8, 4) is 11.3 Å². The monoisotopic (exact) mass is 610 g/mol. The predicted molar refractivity (Wildman–Crippen MR) is 160 cm³/mol. The van der Waals surface area contributed by atoms with Crippen molar-refractivity contribution in [3.05, 3.63) is 66.0 Å². The van der Waals surface area contributed by atoms with Gasteiger partial charge in [-0.3, -0.25) is 9.59 Å². The van der Waals surface area contributed by atoms with Gasteiger partial charge in [0.1, 0.15) is 5.82 Å². The Morgan fingerprint density at radius 2 is 1.64 bits per heavy atom. The minimum atomic E-state index is -4.56. The number of carbonyl (C=O) groups excluding carboxylic acids is 2. The fourth-order valence-corrected chi connectivity index (χ4v) is 4.92. The van der Waals surface area contributed by atoms with E-state index in [4.69, 9.17) is 15.5 Å². The van der Waals surface area contributed by atoms with E-state index in [1.54, 1.807) is 36.7 Å². The highest BCUT2D eigenvalue weighted by Gasteiger charge is 2.30. The molecule has 11 nitrogen and oxygen atoms in total. The number of rotatable bonds is 7. The number of nitrogens with two attached hydrogens (primary N) is 1. The third-order valence-corrected chi connectivity index (χ3v) is 7.47. The molecule has 2 amide bonds. The highest BCUT2D eigenvalue weighted by molar-refractivity contribution is 5.99. The molecule has 0 spiro atoms. The standard InChI is InChI=1S/C30H33F3N8O3/c1-20(30(31,32)33)14-27(42)37-23-4-2-21(3-5-23)15-28(43)41-8-6-39(7-9-41)24-16-25(22-18-35-29(34)36-19-22)38-26(17-24)40-10-12-44-13-11-40/h2-5,14,16-19H,6-13,15H2,1H3,(H,37,42)(H2,34,35,36)/b20-14+. The van der Waals surface area contributed by atoms with Gasteiger partial charge in [0.25, 0.3) is 0 Å². The number of anilines is 4. The molecule has 0 aliphatic carbocycles. The summed E-state index contributed by atoms with van der Waals surface area (Å²) in [5, 5.41) is 2.41. The van der Waals surface area contributed by atoms with E-state index < -0.39 is 17.7 Å². The summed E-state index contributed by atoms with van der Waals surface area (Å²) in [5.74, 6) is 0.117. The van der Waals surface area contributed by atoms with Crippen molar-refractivity contribution in [1.82, 2.24) is 19.9 Å². The molecule has 0 saturated carbocycles. The SMILES string of the molecule is C/C(=C\C(=O)Nc1ccc(CC(=O)N2CCN(c3cc(-c4cnc(N)nc4)nc(N4CCOCC4)c3)CC2)cc1)C(F)(F)F. The molecule has 0 bridgehead atoms. The van der Waals surface area contributed by atoms with E-state index in [9.17, 15) is 22.8 Å². The molecule has 232 valence electrons. The Morgan fingerprint density at radius 1 is 0.977 bits per heavy atom. The minimum Gasteiger partial charge on any atom is -0.378 e. The third-order valence-electron chi connectivity index (χ3n) is 7.47. The molecular weight excluding hydrogens is 577 g/mol. The van der Waals surface area contributed by atoms with Crippen LogP contribution in [0.1, 0.15) is 12.5 Å². The van der Waals surface area contributed by atoms with Crippen molar-refractivity contribution in [1.29, 1.82) is 0 Å². The number of hydrogen-bond acceptors (Lipinski definition) is 9. The van der Waals surface area contributed by atoms with Crippen LogP contribution in [0.15, 0.2) is 60.4 Å². The van der Waals surface area contributed by atoms with Crippen LogP contribution in [0.3, 0.4) is 0 Å². The fraction of sp³-hybridized carbons (Fsp3) is 0.367. The molecule has 14 heteroatoms. The van der Waals surface area contributed by atoms with Crippen molar-refractivity contribution >= 4 is 35.0 Å². The molecule has 2 aliphatic heterocycles. The predicted octanol–water partition coefficient (Wildman–Crippen LogP) is 3.30. The molecule has 2 saturated heterocycles. The first-order valence-corrected chi connectivity index (χ1v) is 14.2. The van der Waals surface area contributed by atoms with Crippen LogP contribution in [0.4, 0.5) is 36.3 Å². The molecule has 2 fully saturated rings. The minimum absolute atomic E-state index is 0.0337. The largest absolute Gasteiger partial charge is 0.412 e. The number of pyridine rings is 1. The second kappa shape index (κ2) is 13.3. The van der Waals surface area contributed by atoms with Gasteiger partial charge in [-0.1, -0.05) is 12.1 Å². The summed E-state index contributed by atoms with van der Waals surface area (Å²) >= 11 is 0. The summed E-state index contributed by atoms with van der Waals surface area (Å²) in [5.41, 5.74) is 8.23. The summed E-state index contributed by atoms with van der Waals surface area (Å²) in [6.07, 6.45) is -0.576. The van der Waals surface area contributed by atoms with Crippen molar-refractivity contribution in [2.24, 2.45) is 0 Å². The van der Waals surface area contributed by atoms with Gasteiger partial charge >= 0.3 is 6.18 Å². The second-order valence-electron chi connectivity index (χ2n) is 10.6. The van der Waals surface area contributed by atoms with Gasteiger partial charge in [0.05, 0.1) is 25.3 Å². The molecule has 1 aromatic carbocycles. The van der Waals surface area contributed by atoms with Gasteiger partial charge in [0, 0.05) is 86.3 Å². The maximum atomic E-state index is 13.1.